The molecule has 0 amide bonds. The van der Waals surface area contributed by atoms with Gasteiger partial charge in [-0.1, -0.05) is 193 Å². The Morgan fingerprint density at radius 1 is 0.352 bits per heavy atom. The van der Waals surface area contributed by atoms with Gasteiger partial charge in [-0.3, -0.25) is 9.98 Å². The number of rotatable bonds is 7. The van der Waals surface area contributed by atoms with Crippen molar-refractivity contribution in [2.75, 3.05) is 0 Å². The third-order valence-electron chi connectivity index (χ3n) is 13.7. The lowest BCUT2D eigenvalue weighted by atomic mass is 9.48. The molecule has 0 spiro atoms. The molecule has 4 heteroatoms. The zero-order valence-electron chi connectivity index (χ0n) is 31.2. The quantitative estimate of drug-likeness (QED) is 0.120. The van der Waals surface area contributed by atoms with E-state index in [-0.39, 0.29) is 44.2 Å². The number of aliphatic imine (C=N–C) groups is 2. The molecule has 0 saturated heterocycles. The fourth-order valence-electron chi connectivity index (χ4n) is 10.9. The van der Waals surface area contributed by atoms with E-state index in [1.807, 2.05) is 0 Å². The molecule has 0 fully saturated rings. The van der Waals surface area contributed by atoms with Gasteiger partial charge in [-0.15, -0.1) is 0 Å². The summed E-state index contributed by atoms with van der Waals surface area (Å²) in [6.07, 6.45) is 4.27. The molecule has 6 aliphatic rings. The Kier molecular flexibility index (Phi) is 7.81. The molecule has 4 atom stereocenters. The van der Waals surface area contributed by atoms with Crippen LogP contribution in [0.3, 0.4) is 0 Å². The average Bonchev–Trinajstić information content (AvgIpc) is 3.22. The second-order valence-corrected chi connectivity index (χ2v) is 18.8. The molecule has 0 aliphatic heterocycles. The highest BCUT2D eigenvalue weighted by Gasteiger charge is 2.65. The van der Waals surface area contributed by atoms with Crippen LogP contribution in [0, 0.1) is 0 Å². The van der Waals surface area contributed by atoms with Crippen LogP contribution < -0.4 is 0 Å². The molecule has 6 aromatic rings. The van der Waals surface area contributed by atoms with Crippen molar-refractivity contribution >= 4 is 34.0 Å². The van der Waals surface area contributed by atoms with Crippen molar-refractivity contribution in [3.05, 3.63) is 213 Å². The predicted molar refractivity (Wildman–Crippen MR) is 230 cm³/mol. The van der Waals surface area contributed by atoms with Crippen molar-refractivity contribution in [2.45, 2.75) is 71.9 Å². The third-order valence-corrected chi connectivity index (χ3v) is 17.3. The highest BCUT2D eigenvalue weighted by molar-refractivity contribution is 8.77. The number of hydrogen-bond acceptors (Lipinski definition) is 4. The normalized spacial score (nSPS) is 31.3. The molecule has 0 aromatic heterocycles. The van der Waals surface area contributed by atoms with Gasteiger partial charge in [0.25, 0.3) is 0 Å². The van der Waals surface area contributed by atoms with Crippen molar-refractivity contribution < 1.29 is 0 Å². The van der Waals surface area contributed by atoms with Gasteiger partial charge in [-0.2, -0.15) is 0 Å². The van der Waals surface area contributed by atoms with Gasteiger partial charge in [-0.25, -0.2) is 0 Å². The van der Waals surface area contributed by atoms with Gasteiger partial charge in [0, 0.05) is 34.1 Å². The van der Waals surface area contributed by atoms with E-state index in [1.54, 1.807) is 0 Å². The van der Waals surface area contributed by atoms with Gasteiger partial charge >= 0.3 is 0 Å². The smallest absolute Gasteiger partial charge is 0.0773 e. The van der Waals surface area contributed by atoms with E-state index in [9.17, 15) is 0 Å². The van der Waals surface area contributed by atoms with E-state index in [1.165, 1.54) is 44.5 Å². The van der Waals surface area contributed by atoms with E-state index in [0.29, 0.717) is 0 Å². The molecule has 266 valence electrons. The lowest BCUT2D eigenvalue weighted by Gasteiger charge is -2.62. The summed E-state index contributed by atoms with van der Waals surface area (Å²) in [6.45, 7) is 9.91. The molecule has 6 aromatic carbocycles. The molecule has 2 nitrogen and oxygen atoms in total. The number of nitrogens with zero attached hydrogens (tertiary/aromatic N) is 2. The minimum absolute atomic E-state index is 0.0139. The minimum atomic E-state index is -0.292. The molecule has 4 bridgehead atoms. The topological polar surface area (TPSA) is 24.7 Å². The van der Waals surface area contributed by atoms with Crippen LogP contribution in [-0.4, -0.2) is 35.0 Å². The van der Waals surface area contributed by atoms with Crippen LogP contribution in [0.1, 0.15) is 83.3 Å². The first-order chi connectivity index (χ1) is 26.3. The maximum Gasteiger partial charge on any atom is 0.0773 e. The summed E-state index contributed by atoms with van der Waals surface area (Å²) in [7, 11) is 4.15. The summed E-state index contributed by atoms with van der Waals surface area (Å²) in [4.78, 5) is 11.3. The molecule has 12 rings (SSSR count). The van der Waals surface area contributed by atoms with Crippen LogP contribution in [0.2, 0.25) is 0 Å². The first-order valence-corrected chi connectivity index (χ1v) is 21.5. The number of benzene rings is 6. The standard InChI is InChI=1S/C50H44N2S2/c1-47-35-23-11-15-27-39(35)49(3,40-28-16-12-24-36(40)47)45(43(47)51-31-33-19-7-5-8-20-33)53-54-46-44(52-32-34-21-9-6-10-22-34)48(2)37-25-13-17-29-41(37)50(46,4)42-30-18-14-26-38(42)48/h5-32,43-46H,1-4H3/t43-,44-,45+,46+,47?,48?,49?,50?/m1/s1. The average molecular weight is 737 g/mol. The molecule has 54 heavy (non-hydrogen) atoms. The first kappa shape index (κ1) is 33.9. The Hall–Kier alpha value is -4.64. The Labute approximate surface area is 327 Å². The Balaban J connectivity index is 1.15. The van der Waals surface area contributed by atoms with E-state index in [2.05, 4.69) is 219 Å². The monoisotopic (exact) mass is 736 g/mol. The molecular formula is C50H44N2S2. The summed E-state index contributed by atoms with van der Waals surface area (Å²) in [5.74, 6) is 0. The summed E-state index contributed by atoms with van der Waals surface area (Å²) in [5.41, 5.74) is 12.6. The fraction of sp³-hybridized carbons (Fsp3) is 0.240. The largest absolute Gasteiger partial charge is 0.287 e. The number of fused-ring (bicyclic) bond motifs is 2. The van der Waals surface area contributed by atoms with E-state index in [4.69, 9.17) is 9.98 Å². The lowest BCUT2D eigenvalue weighted by molar-refractivity contribution is 0.292. The van der Waals surface area contributed by atoms with Crippen molar-refractivity contribution in [2.24, 2.45) is 9.98 Å². The molecule has 6 aliphatic carbocycles. The van der Waals surface area contributed by atoms with Crippen molar-refractivity contribution in [1.29, 1.82) is 0 Å². The van der Waals surface area contributed by atoms with Gasteiger partial charge in [-0.05, 0) is 69.5 Å². The molecule has 0 heterocycles. The summed E-state index contributed by atoms with van der Waals surface area (Å²) < 4.78 is 0. The second-order valence-electron chi connectivity index (χ2n) is 16.3. The summed E-state index contributed by atoms with van der Waals surface area (Å²) >= 11 is 0. The number of hydrogen-bond donors (Lipinski definition) is 0. The van der Waals surface area contributed by atoms with Crippen molar-refractivity contribution in [3.8, 4) is 0 Å². The summed E-state index contributed by atoms with van der Waals surface area (Å²) in [5, 5.41) is 0.330. The van der Waals surface area contributed by atoms with Crippen LogP contribution in [0.4, 0.5) is 0 Å². The highest BCUT2D eigenvalue weighted by atomic mass is 33.1. The van der Waals surface area contributed by atoms with Gasteiger partial charge in [0.1, 0.15) is 0 Å². The SMILES string of the molecule is CC12c3ccccc3C(C)(c3ccccc31)[C@@H](SS[C@H]1[C@@H](N=Cc3ccccc3)C3(C)c4ccccc4C1(C)c1ccccc13)[C@H]2N=Cc1ccccc1. The molecular weight excluding hydrogens is 693 g/mol. The predicted octanol–water partition coefficient (Wildman–Crippen LogP) is 11.4. The van der Waals surface area contributed by atoms with Crippen LogP contribution in [0.5, 0.6) is 0 Å². The summed E-state index contributed by atoms with van der Waals surface area (Å²) in [6, 6.07) is 58.1. The van der Waals surface area contributed by atoms with Gasteiger partial charge in [0.15, 0.2) is 0 Å². The van der Waals surface area contributed by atoms with Crippen molar-refractivity contribution in [1.82, 2.24) is 0 Å². The zero-order chi connectivity index (χ0) is 36.7. The Morgan fingerprint density at radius 2 is 0.593 bits per heavy atom. The zero-order valence-corrected chi connectivity index (χ0v) is 32.8. The van der Waals surface area contributed by atoms with E-state index < -0.39 is 0 Å². The second kappa shape index (κ2) is 12.4. The Morgan fingerprint density at radius 3 is 0.870 bits per heavy atom. The van der Waals surface area contributed by atoms with E-state index >= 15 is 0 Å². The van der Waals surface area contributed by atoms with Gasteiger partial charge < -0.3 is 0 Å². The van der Waals surface area contributed by atoms with Crippen LogP contribution in [0.25, 0.3) is 0 Å². The maximum absolute atomic E-state index is 5.65. The van der Waals surface area contributed by atoms with Gasteiger partial charge in [0.2, 0.25) is 0 Å². The van der Waals surface area contributed by atoms with E-state index in [0.717, 1.165) is 11.1 Å². The van der Waals surface area contributed by atoms with Crippen LogP contribution >= 0.6 is 21.6 Å². The van der Waals surface area contributed by atoms with Crippen LogP contribution in [0.15, 0.2) is 168 Å². The van der Waals surface area contributed by atoms with Gasteiger partial charge in [0.05, 0.1) is 22.6 Å². The molecule has 0 saturated carbocycles. The fourth-order valence-corrected chi connectivity index (χ4v) is 15.4. The highest BCUT2D eigenvalue weighted by Crippen LogP contribution is 2.68. The van der Waals surface area contributed by atoms with Crippen molar-refractivity contribution in [3.63, 3.8) is 0 Å². The molecule has 0 N–H and O–H groups in total. The van der Waals surface area contributed by atoms with Crippen LogP contribution in [-0.2, 0) is 21.7 Å². The first-order valence-electron chi connectivity index (χ1n) is 19.2. The minimum Gasteiger partial charge on any atom is -0.287 e. The molecule has 0 radical (unpaired) electrons. The maximum atomic E-state index is 5.65. The Bertz CT molecular complexity index is 2180. The molecule has 0 unspecified atom stereocenters. The lowest BCUT2D eigenvalue weighted by Crippen LogP contribution is -2.63. The third kappa shape index (κ3) is 4.50.